The molecule has 2 nitrogen and oxygen atoms in total. The number of halogens is 1. The molecule has 0 amide bonds. The van der Waals surface area contributed by atoms with Crippen molar-refractivity contribution in [1.29, 1.82) is 0 Å². The van der Waals surface area contributed by atoms with Gasteiger partial charge in [-0.25, -0.2) is 0 Å². The predicted octanol–water partition coefficient (Wildman–Crippen LogP) is 3.00. The van der Waals surface area contributed by atoms with Gasteiger partial charge in [-0.1, -0.05) is 28.1 Å². The highest BCUT2D eigenvalue weighted by molar-refractivity contribution is 9.10. The van der Waals surface area contributed by atoms with Gasteiger partial charge in [0.2, 0.25) is 0 Å². The molecule has 84 valence electrons. The normalized spacial score (nSPS) is 13.2. The zero-order chi connectivity index (χ0) is 12.3. The topological polar surface area (TPSA) is 26.3 Å². The van der Waals surface area contributed by atoms with Gasteiger partial charge in [-0.05, 0) is 38.5 Å². The maximum atomic E-state index is 11.7. The number of carbonyl (C=O) groups is 1. The molecule has 0 unspecified atom stereocenters. The van der Waals surface area contributed by atoms with Crippen molar-refractivity contribution < 1.29 is 9.53 Å². The van der Waals surface area contributed by atoms with Crippen LogP contribution in [-0.2, 0) is 9.53 Å². The fraction of sp³-hybridized carbons (Fsp3) is 0.417. The number of rotatable bonds is 2. The van der Waals surface area contributed by atoms with Crippen LogP contribution in [0.5, 0.6) is 0 Å². The molecule has 0 fully saturated rings. The lowest BCUT2D eigenvalue weighted by Gasteiger charge is -2.22. The molecule has 0 saturated heterocycles. The summed E-state index contributed by atoms with van der Waals surface area (Å²) in [6, 6.07) is 7.34. The maximum absolute atomic E-state index is 11.7. The van der Waals surface area contributed by atoms with Crippen LogP contribution in [0.25, 0.3) is 0 Å². The summed E-state index contributed by atoms with van der Waals surface area (Å²) >= 11 is 3.33. The van der Waals surface area contributed by atoms with Gasteiger partial charge in [-0.2, -0.15) is 0 Å². The Morgan fingerprint density at radius 1 is 1.44 bits per heavy atom. The second-order valence-corrected chi connectivity index (χ2v) is 5.48. The van der Waals surface area contributed by atoms with Crippen LogP contribution < -0.4 is 0 Å². The smallest absolute Gasteiger partial charge is 0.304 e. The molecular weight excluding hydrogens is 267 g/mol. The molecule has 1 aromatic rings. The van der Waals surface area contributed by atoms with Crippen LogP contribution in [0.3, 0.4) is 0 Å². The molecule has 1 aromatic carbocycles. The Morgan fingerprint density at radius 2 is 2.06 bits per heavy atom. The van der Waals surface area contributed by atoms with Gasteiger partial charge in [0.1, 0.15) is 5.60 Å². The van der Waals surface area contributed by atoms with Crippen molar-refractivity contribution in [2.45, 2.75) is 32.2 Å². The van der Waals surface area contributed by atoms with E-state index in [-0.39, 0.29) is 0 Å². The number of hydrogen-bond donors (Lipinski definition) is 0. The minimum absolute atomic E-state index is 0.411. The Balaban J connectivity index is 2.78. The summed E-state index contributed by atoms with van der Waals surface area (Å²) in [5, 5.41) is 0. The molecule has 0 N–H and O–H groups in total. The first-order chi connectivity index (χ1) is 7.29. The van der Waals surface area contributed by atoms with E-state index in [9.17, 15) is 4.79 Å². The minimum Gasteiger partial charge on any atom is -0.460 e. The van der Waals surface area contributed by atoms with Crippen molar-refractivity contribution in [1.82, 2.24) is 0 Å². The van der Waals surface area contributed by atoms with E-state index in [1.54, 1.807) is 6.07 Å². The van der Waals surface area contributed by atoms with Gasteiger partial charge in [0, 0.05) is 10.3 Å². The number of carbonyl (C=O) groups excluding carboxylic acids is 1. The molecule has 1 atom stereocenters. The fourth-order valence-corrected chi connectivity index (χ4v) is 1.62. The van der Waals surface area contributed by atoms with Gasteiger partial charge >= 0.3 is 5.97 Å². The van der Waals surface area contributed by atoms with Gasteiger partial charge in [0.15, 0.2) is 0 Å². The summed E-state index contributed by atoms with van der Waals surface area (Å²) in [5.74, 6) is -1.15. The van der Waals surface area contributed by atoms with E-state index >= 15 is 0 Å². The fourth-order valence-electron chi connectivity index (χ4n) is 1.20. The molecule has 16 heavy (non-hydrogen) atoms. The van der Waals surface area contributed by atoms with Crippen LogP contribution in [0.1, 0.15) is 32.2 Å². The number of hydrogen-bond acceptors (Lipinski definition) is 2. The molecule has 0 aliphatic heterocycles. The number of ether oxygens (including phenoxy) is 1. The summed E-state index contributed by atoms with van der Waals surface area (Å²) in [6.07, 6.45) is 0. The van der Waals surface area contributed by atoms with Crippen molar-refractivity contribution in [3.63, 3.8) is 0 Å². The van der Waals surface area contributed by atoms with Crippen LogP contribution in [-0.4, -0.2) is 19.4 Å². The largest absolute Gasteiger partial charge is 0.460 e. The lowest BCUT2D eigenvalue weighted by atomic mass is 9.81. The van der Waals surface area contributed by atoms with E-state index in [0.29, 0.717) is 0 Å². The molecule has 0 aromatic heterocycles. The molecule has 0 spiro atoms. The average Bonchev–Trinajstić information content (AvgIpc) is 2.14. The summed E-state index contributed by atoms with van der Waals surface area (Å²) in [6.45, 7) is 5.45. The van der Waals surface area contributed by atoms with Crippen LogP contribution >= 0.6 is 15.9 Å². The zero-order valence-electron chi connectivity index (χ0n) is 9.66. The van der Waals surface area contributed by atoms with Crippen LogP contribution in [0.2, 0.25) is 0 Å². The number of benzene rings is 1. The van der Waals surface area contributed by atoms with E-state index < -0.39 is 17.4 Å². The van der Waals surface area contributed by atoms with E-state index in [1.807, 2.05) is 39.0 Å². The van der Waals surface area contributed by atoms with E-state index in [0.717, 1.165) is 10.0 Å². The predicted molar refractivity (Wildman–Crippen MR) is 68.5 cm³/mol. The SMILES string of the molecule is [B][C@@H](C(=O)OC(C)(C)C)c1cccc(Br)c1. The molecule has 0 aliphatic carbocycles. The lowest BCUT2D eigenvalue weighted by Crippen LogP contribution is -2.28. The molecule has 0 bridgehead atoms. The van der Waals surface area contributed by atoms with Gasteiger partial charge in [0.05, 0.1) is 7.85 Å². The first-order valence-corrected chi connectivity index (χ1v) is 5.83. The average molecular weight is 281 g/mol. The van der Waals surface area contributed by atoms with Gasteiger partial charge in [-0.15, -0.1) is 0 Å². The standard InChI is InChI=1S/C12H14BBrO2/c1-12(2,3)16-11(15)10(13)8-5-4-6-9(14)7-8/h4-7,10H,1-3H3/t10-/m1/s1. The van der Waals surface area contributed by atoms with E-state index in [2.05, 4.69) is 15.9 Å². The van der Waals surface area contributed by atoms with Crippen LogP contribution in [0, 0.1) is 0 Å². The Morgan fingerprint density at radius 3 is 2.56 bits per heavy atom. The summed E-state index contributed by atoms with van der Waals surface area (Å²) in [5.41, 5.74) is 0.226. The third-order valence-electron chi connectivity index (χ3n) is 1.87. The Labute approximate surface area is 106 Å². The third kappa shape index (κ3) is 4.01. The van der Waals surface area contributed by atoms with Crippen molar-refractivity contribution >= 4 is 29.7 Å². The second-order valence-electron chi connectivity index (χ2n) is 4.57. The highest BCUT2D eigenvalue weighted by Gasteiger charge is 2.22. The Kier molecular flexibility index (Phi) is 4.19. The Bertz CT molecular complexity index is 385. The first-order valence-electron chi connectivity index (χ1n) is 5.03. The molecule has 0 heterocycles. The molecule has 4 heteroatoms. The molecule has 2 radical (unpaired) electrons. The monoisotopic (exact) mass is 280 g/mol. The van der Waals surface area contributed by atoms with Gasteiger partial charge < -0.3 is 4.74 Å². The quantitative estimate of drug-likeness (QED) is 0.615. The van der Waals surface area contributed by atoms with Crippen molar-refractivity contribution in [2.75, 3.05) is 0 Å². The summed E-state index contributed by atoms with van der Waals surface area (Å²) < 4.78 is 6.11. The first kappa shape index (κ1) is 13.3. The van der Waals surface area contributed by atoms with Crippen molar-refractivity contribution in [3.8, 4) is 0 Å². The second kappa shape index (κ2) is 5.04. The lowest BCUT2D eigenvalue weighted by molar-refractivity contribution is -0.154. The highest BCUT2D eigenvalue weighted by Crippen LogP contribution is 2.21. The third-order valence-corrected chi connectivity index (χ3v) is 2.36. The molecule has 0 aliphatic rings. The molecular formula is C12H14BBrO2. The maximum Gasteiger partial charge on any atom is 0.304 e. The van der Waals surface area contributed by atoms with Crippen molar-refractivity contribution in [2.24, 2.45) is 0 Å². The van der Waals surface area contributed by atoms with Gasteiger partial charge in [0.25, 0.3) is 0 Å². The molecule has 0 saturated carbocycles. The Hall–Kier alpha value is -0.765. The zero-order valence-corrected chi connectivity index (χ0v) is 11.2. The minimum atomic E-state index is -0.739. The van der Waals surface area contributed by atoms with Crippen LogP contribution in [0.4, 0.5) is 0 Å². The summed E-state index contributed by atoms with van der Waals surface area (Å²) in [7, 11) is 5.82. The summed E-state index contributed by atoms with van der Waals surface area (Å²) in [4.78, 5) is 11.7. The van der Waals surface area contributed by atoms with E-state index in [4.69, 9.17) is 12.6 Å². The highest BCUT2D eigenvalue weighted by atomic mass is 79.9. The molecule has 1 rings (SSSR count). The van der Waals surface area contributed by atoms with E-state index in [1.165, 1.54) is 0 Å². The van der Waals surface area contributed by atoms with Crippen molar-refractivity contribution in [3.05, 3.63) is 34.3 Å². The van der Waals surface area contributed by atoms with Gasteiger partial charge in [-0.3, -0.25) is 4.79 Å². The van der Waals surface area contributed by atoms with Crippen LogP contribution in [0.15, 0.2) is 28.7 Å². The number of esters is 1.